The SMILES string of the molecule is CC(N)=NC/C(F)=C\CCC(/C=N\C(=O)OC(C)(C)C)C(N)=O. The number of nitrogens with two attached hydrogens (primary N) is 2. The van der Waals surface area contributed by atoms with E-state index in [0.717, 1.165) is 6.21 Å². The van der Waals surface area contributed by atoms with Crippen molar-refractivity contribution < 1.29 is 18.7 Å². The van der Waals surface area contributed by atoms with Gasteiger partial charge in [0.15, 0.2) is 0 Å². The Kier molecular flexibility index (Phi) is 8.75. The van der Waals surface area contributed by atoms with Crippen LogP contribution in [0.3, 0.4) is 0 Å². The number of amidine groups is 1. The monoisotopic (exact) mass is 328 g/mol. The zero-order valence-electron chi connectivity index (χ0n) is 14.0. The second-order valence-electron chi connectivity index (χ2n) is 5.95. The lowest BCUT2D eigenvalue weighted by molar-refractivity contribution is -0.119. The summed E-state index contributed by atoms with van der Waals surface area (Å²) in [7, 11) is 0. The highest BCUT2D eigenvalue weighted by molar-refractivity contribution is 5.95. The molecule has 1 atom stereocenters. The highest BCUT2D eigenvalue weighted by Crippen LogP contribution is 2.10. The number of aliphatic imine (C=N–C) groups is 2. The van der Waals surface area contributed by atoms with Gasteiger partial charge in [0.25, 0.3) is 0 Å². The zero-order chi connectivity index (χ0) is 18.0. The maximum atomic E-state index is 13.4. The fourth-order valence-corrected chi connectivity index (χ4v) is 1.41. The number of nitrogens with zero attached hydrogens (tertiary/aromatic N) is 2. The van der Waals surface area contributed by atoms with Crippen LogP contribution in [0.15, 0.2) is 21.9 Å². The van der Waals surface area contributed by atoms with Crippen LogP contribution in [0.1, 0.15) is 40.5 Å². The second kappa shape index (κ2) is 9.70. The molecule has 4 N–H and O–H groups in total. The lowest BCUT2D eigenvalue weighted by atomic mass is 10.0. The minimum atomic E-state index is -0.807. The number of rotatable bonds is 7. The number of allylic oxidation sites excluding steroid dienone is 1. The smallest absolute Gasteiger partial charge is 0.433 e. The predicted octanol–water partition coefficient (Wildman–Crippen LogP) is 2.10. The first-order chi connectivity index (χ1) is 10.5. The average Bonchev–Trinajstić information content (AvgIpc) is 2.37. The van der Waals surface area contributed by atoms with Gasteiger partial charge in [-0.05, 0) is 40.5 Å². The molecule has 0 aliphatic rings. The Morgan fingerprint density at radius 2 is 1.91 bits per heavy atom. The molecule has 7 nitrogen and oxygen atoms in total. The molecule has 0 saturated carbocycles. The van der Waals surface area contributed by atoms with Crippen LogP contribution >= 0.6 is 0 Å². The van der Waals surface area contributed by atoms with E-state index in [9.17, 15) is 14.0 Å². The summed E-state index contributed by atoms with van der Waals surface area (Å²) in [5, 5.41) is 0. The molecule has 0 fully saturated rings. The number of hydrogen-bond donors (Lipinski definition) is 2. The third-order valence-electron chi connectivity index (χ3n) is 2.44. The minimum absolute atomic E-state index is 0.143. The van der Waals surface area contributed by atoms with Gasteiger partial charge in [-0.2, -0.15) is 4.99 Å². The highest BCUT2D eigenvalue weighted by atomic mass is 19.1. The van der Waals surface area contributed by atoms with Crippen molar-refractivity contribution in [2.24, 2.45) is 27.4 Å². The van der Waals surface area contributed by atoms with Crippen molar-refractivity contribution in [3.63, 3.8) is 0 Å². The molecular formula is C15H25FN4O3. The van der Waals surface area contributed by atoms with Crippen molar-refractivity contribution in [3.8, 4) is 0 Å². The maximum absolute atomic E-state index is 13.4. The molecule has 8 heteroatoms. The zero-order valence-corrected chi connectivity index (χ0v) is 14.0. The number of amides is 2. The Hall–Kier alpha value is -2.25. The van der Waals surface area contributed by atoms with Crippen LogP contribution in [0.25, 0.3) is 0 Å². The van der Waals surface area contributed by atoms with Gasteiger partial charge in [0.2, 0.25) is 5.91 Å². The minimum Gasteiger partial charge on any atom is -0.442 e. The van der Waals surface area contributed by atoms with Gasteiger partial charge in [-0.1, -0.05) is 6.08 Å². The number of hydrogen-bond acceptors (Lipinski definition) is 4. The molecule has 0 aromatic carbocycles. The number of carbonyl (C=O) groups is 2. The third-order valence-corrected chi connectivity index (χ3v) is 2.44. The van der Waals surface area contributed by atoms with E-state index in [2.05, 4.69) is 9.98 Å². The molecule has 0 aliphatic carbocycles. The van der Waals surface area contributed by atoms with Gasteiger partial charge in [-0.15, -0.1) is 0 Å². The first-order valence-electron chi connectivity index (χ1n) is 7.19. The van der Waals surface area contributed by atoms with E-state index in [1.165, 1.54) is 6.08 Å². The van der Waals surface area contributed by atoms with Gasteiger partial charge in [0.1, 0.15) is 11.4 Å². The highest BCUT2D eigenvalue weighted by Gasteiger charge is 2.17. The van der Waals surface area contributed by atoms with Crippen LogP contribution in [-0.4, -0.2) is 36.2 Å². The van der Waals surface area contributed by atoms with Crippen LogP contribution < -0.4 is 11.5 Å². The van der Waals surface area contributed by atoms with E-state index < -0.39 is 29.3 Å². The molecule has 23 heavy (non-hydrogen) atoms. The normalized spacial score (nSPS) is 14.8. The number of ether oxygens (including phenoxy) is 1. The summed E-state index contributed by atoms with van der Waals surface area (Å²) in [6.07, 6.45) is 2.09. The van der Waals surface area contributed by atoms with Gasteiger partial charge in [0, 0.05) is 6.21 Å². The average molecular weight is 328 g/mol. The Morgan fingerprint density at radius 3 is 2.39 bits per heavy atom. The van der Waals surface area contributed by atoms with E-state index in [1.54, 1.807) is 27.7 Å². The Bertz CT molecular complexity index is 503. The van der Waals surface area contributed by atoms with Gasteiger partial charge >= 0.3 is 6.09 Å². The second-order valence-corrected chi connectivity index (χ2v) is 5.95. The third kappa shape index (κ3) is 12.0. The van der Waals surface area contributed by atoms with Gasteiger partial charge in [-0.25, -0.2) is 9.18 Å². The number of halogens is 1. The predicted molar refractivity (Wildman–Crippen MR) is 88.0 cm³/mol. The van der Waals surface area contributed by atoms with Crippen molar-refractivity contribution in [3.05, 3.63) is 11.9 Å². The molecule has 1 unspecified atom stereocenters. The fraction of sp³-hybridized carbons (Fsp3) is 0.600. The van der Waals surface area contributed by atoms with Gasteiger partial charge < -0.3 is 16.2 Å². The Labute approximate surface area is 135 Å². The van der Waals surface area contributed by atoms with E-state index in [0.29, 0.717) is 0 Å². The standard InChI is InChI=1S/C15H25FN4O3/c1-10(17)19-9-12(16)7-5-6-11(13(18)21)8-20-14(22)23-15(2,3)4/h7-8,11H,5-6,9H2,1-4H3,(H2,17,19)(H2,18,21)/b12-7+,20-8-. The largest absolute Gasteiger partial charge is 0.442 e. The quantitative estimate of drug-likeness (QED) is 0.549. The van der Waals surface area contributed by atoms with E-state index in [-0.39, 0.29) is 25.2 Å². The van der Waals surface area contributed by atoms with Crippen molar-refractivity contribution in [2.75, 3.05) is 6.54 Å². The first kappa shape index (κ1) is 20.8. The van der Waals surface area contributed by atoms with Crippen molar-refractivity contribution in [1.29, 1.82) is 0 Å². The topological polar surface area (TPSA) is 120 Å². The molecule has 0 radical (unpaired) electrons. The maximum Gasteiger partial charge on any atom is 0.433 e. The van der Waals surface area contributed by atoms with Crippen molar-refractivity contribution >= 4 is 24.1 Å². The van der Waals surface area contributed by atoms with Crippen LogP contribution in [-0.2, 0) is 9.53 Å². The summed E-state index contributed by atoms with van der Waals surface area (Å²) >= 11 is 0. The van der Waals surface area contributed by atoms with Crippen LogP contribution in [0.5, 0.6) is 0 Å². The Balaban J connectivity index is 4.54. The molecule has 0 saturated heterocycles. The lowest BCUT2D eigenvalue weighted by Gasteiger charge is -2.17. The number of carbonyl (C=O) groups excluding carboxylic acids is 2. The van der Waals surface area contributed by atoms with Crippen LogP contribution in [0.4, 0.5) is 9.18 Å². The molecular weight excluding hydrogens is 303 g/mol. The van der Waals surface area contributed by atoms with E-state index >= 15 is 0 Å². The molecule has 130 valence electrons. The van der Waals surface area contributed by atoms with E-state index in [4.69, 9.17) is 16.2 Å². The molecule has 0 heterocycles. The lowest BCUT2D eigenvalue weighted by Crippen LogP contribution is -2.26. The van der Waals surface area contributed by atoms with Crippen molar-refractivity contribution in [1.82, 2.24) is 0 Å². The first-order valence-corrected chi connectivity index (χ1v) is 7.19. The Morgan fingerprint density at radius 1 is 1.30 bits per heavy atom. The summed E-state index contributed by atoms with van der Waals surface area (Å²) in [5.41, 5.74) is 9.86. The number of primary amides is 1. The fourth-order valence-electron chi connectivity index (χ4n) is 1.41. The molecule has 0 aromatic rings. The summed E-state index contributed by atoms with van der Waals surface area (Å²) in [6.45, 7) is 6.51. The molecule has 0 bridgehead atoms. The molecule has 0 spiro atoms. The van der Waals surface area contributed by atoms with Crippen molar-refractivity contribution in [2.45, 2.75) is 46.1 Å². The molecule has 2 amide bonds. The van der Waals surface area contributed by atoms with Gasteiger partial charge in [-0.3, -0.25) is 9.79 Å². The molecule has 0 aliphatic heterocycles. The summed E-state index contributed by atoms with van der Waals surface area (Å²) in [4.78, 5) is 30.0. The van der Waals surface area contributed by atoms with Crippen LogP contribution in [0, 0.1) is 5.92 Å². The van der Waals surface area contributed by atoms with Gasteiger partial charge in [0.05, 0.1) is 18.3 Å². The van der Waals surface area contributed by atoms with E-state index in [1.807, 2.05) is 0 Å². The summed E-state index contributed by atoms with van der Waals surface area (Å²) in [6, 6.07) is 0. The molecule has 0 aromatic heterocycles. The van der Waals surface area contributed by atoms with Crippen LogP contribution in [0.2, 0.25) is 0 Å². The molecule has 0 rings (SSSR count). The summed E-state index contributed by atoms with van der Waals surface area (Å²) < 4.78 is 18.4. The summed E-state index contributed by atoms with van der Waals surface area (Å²) in [5.74, 6) is -1.61.